The molecule has 0 radical (unpaired) electrons. The molecule has 112 valence electrons. The van der Waals surface area contributed by atoms with E-state index in [-0.39, 0.29) is 11.5 Å². The minimum absolute atomic E-state index is 0.0228. The molecule has 0 saturated carbocycles. The molecule has 4 heterocycles. The van der Waals surface area contributed by atoms with E-state index < -0.39 is 6.10 Å². The number of ether oxygens (including phenoxy) is 1. The highest BCUT2D eigenvalue weighted by Crippen LogP contribution is 2.44. The highest BCUT2D eigenvalue weighted by molar-refractivity contribution is 7.99. The second kappa shape index (κ2) is 5.54. The molecular weight excluding hydrogens is 302 g/mol. The smallest absolute Gasteiger partial charge is 0.0835 e. The number of hydrogen-bond acceptors (Lipinski definition) is 5. The normalized spacial score (nSPS) is 31.0. The molecule has 0 amide bonds. The lowest BCUT2D eigenvalue weighted by Crippen LogP contribution is -2.41. The van der Waals surface area contributed by atoms with Crippen molar-refractivity contribution in [1.82, 2.24) is 4.98 Å². The standard InChI is InChI=1S/C16H19NO2S2/c18-15(12-7-14-13(17-9-12)2-5-21-14)11-1-4-19-16(8-11)3-6-20-10-16/h2,5,7,9,11,15,18H,1,3-4,6,8,10H2. The summed E-state index contributed by atoms with van der Waals surface area (Å²) in [7, 11) is 0. The van der Waals surface area contributed by atoms with Gasteiger partial charge in [0.05, 0.1) is 21.9 Å². The fraction of sp³-hybridized carbons (Fsp3) is 0.562. The van der Waals surface area contributed by atoms with Crippen molar-refractivity contribution in [2.45, 2.75) is 31.0 Å². The fourth-order valence-corrected chi connectivity index (χ4v) is 5.66. The lowest BCUT2D eigenvalue weighted by Gasteiger charge is -2.39. The summed E-state index contributed by atoms with van der Waals surface area (Å²) >= 11 is 3.66. The van der Waals surface area contributed by atoms with Crippen LogP contribution in [-0.2, 0) is 4.74 Å². The van der Waals surface area contributed by atoms with Gasteiger partial charge in [-0.05, 0) is 48.4 Å². The lowest BCUT2D eigenvalue weighted by atomic mass is 9.80. The number of thiophene rings is 1. The molecule has 2 aromatic heterocycles. The molecule has 3 nitrogen and oxygen atoms in total. The maximum atomic E-state index is 10.8. The van der Waals surface area contributed by atoms with Gasteiger partial charge in [-0.25, -0.2) is 0 Å². The van der Waals surface area contributed by atoms with Crippen LogP contribution in [0.25, 0.3) is 10.2 Å². The molecule has 5 heteroatoms. The van der Waals surface area contributed by atoms with Crippen LogP contribution in [0.2, 0.25) is 0 Å². The van der Waals surface area contributed by atoms with Crippen LogP contribution in [-0.4, -0.2) is 33.8 Å². The third kappa shape index (κ3) is 2.61. The summed E-state index contributed by atoms with van der Waals surface area (Å²) in [5.74, 6) is 2.56. The van der Waals surface area contributed by atoms with Gasteiger partial charge in [0.1, 0.15) is 0 Å². The molecule has 21 heavy (non-hydrogen) atoms. The quantitative estimate of drug-likeness (QED) is 0.917. The Morgan fingerprint density at radius 2 is 2.43 bits per heavy atom. The van der Waals surface area contributed by atoms with Crippen LogP contribution in [0, 0.1) is 5.92 Å². The van der Waals surface area contributed by atoms with Crippen LogP contribution >= 0.6 is 23.1 Å². The Bertz CT molecular complexity index is 636. The third-order valence-corrected chi connectivity index (χ3v) is 6.79. The number of aliphatic hydroxyl groups is 1. The van der Waals surface area contributed by atoms with Crippen molar-refractivity contribution in [2.24, 2.45) is 5.92 Å². The largest absolute Gasteiger partial charge is 0.388 e. The highest BCUT2D eigenvalue weighted by atomic mass is 32.2. The Morgan fingerprint density at radius 1 is 1.48 bits per heavy atom. The zero-order chi connectivity index (χ0) is 14.3. The highest BCUT2D eigenvalue weighted by Gasteiger charge is 2.42. The van der Waals surface area contributed by atoms with Crippen molar-refractivity contribution >= 4 is 33.3 Å². The molecule has 1 N–H and O–H groups in total. The summed E-state index contributed by atoms with van der Waals surface area (Å²) in [5.41, 5.74) is 2.00. The number of fused-ring (bicyclic) bond motifs is 1. The average molecular weight is 321 g/mol. The van der Waals surface area contributed by atoms with E-state index in [0.717, 1.165) is 47.4 Å². The van der Waals surface area contributed by atoms with Crippen molar-refractivity contribution in [3.63, 3.8) is 0 Å². The first-order valence-corrected chi connectivity index (χ1v) is 9.52. The van der Waals surface area contributed by atoms with E-state index in [1.807, 2.05) is 29.4 Å². The van der Waals surface area contributed by atoms with Gasteiger partial charge in [-0.2, -0.15) is 11.8 Å². The van der Waals surface area contributed by atoms with Gasteiger partial charge in [-0.3, -0.25) is 4.98 Å². The van der Waals surface area contributed by atoms with Crippen molar-refractivity contribution in [2.75, 3.05) is 18.1 Å². The maximum Gasteiger partial charge on any atom is 0.0835 e. The summed E-state index contributed by atoms with van der Waals surface area (Å²) in [6.07, 6.45) is 4.46. The van der Waals surface area contributed by atoms with E-state index >= 15 is 0 Å². The number of hydrogen-bond donors (Lipinski definition) is 1. The van der Waals surface area contributed by atoms with E-state index in [1.165, 1.54) is 5.75 Å². The van der Waals surface area contributed by atoms with Gasteiger partial charge in [0, 0.05) is 24.1 Å². The third-order valence-electron chi connectivity index (χ3n) is 4.71. The Hall–Kier alpha value is -0.620. The minimum Gasteiger partial charge on any atom is -0.388 e. The molecule has 0 bridgehead atoms. The molecule has 3 atom stereocenters. The molecule has 2 aliphatic rings. The van der Waals surface area contributed by atoms with Gasteiger partial charge in [-0.1, -0.05) is 0 Å². The molecule has 1 spiro atoms. The Labute approximate surface area is 132 Å². The predicted octanol–water partition coefficient (Wildman–Crippen LogP) is 3.63. The van der Waals surface area contributed by atoms with Crippen molar-refractivity contribution in [3.05, 3.63) is 29.3 Å². The summed E-state index contributed by atoms with van der Waals surface area (Å²) in [5, 5.41) is 12.8. The molecule has 2 aromatic rings. The van der Waals surface area contributed by atoms with Crippen LogP contribution in [0.5, 0.6) is 0 Å². The second-order valence-corrected chi connectivity index (χ2v) is 8.16. The molecule has 4 rings (SSSR count). The first-order chi connectivity index (χ1) is 10.3. The monoisotopic (exact) mass is 321 g/mol. The number of nitrogens with zero attached hydrogens (tertiary/aromatic N) is 1. The summed E-state index contributed by atoms with van der Waals surface area (Å²) in [4.78, 5) is 4.46. The molecule has 2 aliphatic heterocycles. The van der Waals surface area contributed by atoms with Crippen molar-refractivity contribution < 1.29 is 9.84 Å². The van der Waals surface area contributed by atoms with Crippen molar-refractivity contribution in [3.8, 4) is 0 Å². The number of rotatable bonds is 2. The van der Waals surface area contributed by atoms with E-state index in [0.29, 0.717) is 0 Å². The Balaban J connectivity index is 1.56. The first-order valence-electron chi connectivity index (χ1n) is 7.49. The molecule has 0 aromatic carbocycles. The average Bonchev–Trinajstić information content (AvgIpc) is 3.15. The van der Waals surface area contributed by atoms with E-state index in [1.54, 1.807) is 11.3 Å². The Morgan fingerprint density at radius 3 is 3.29 bits per heavy atom. The maximum absolute atomic E-state index is 10.8. The lowest BCUT2D eigenvalue weighted by molar-refractivity contribution is -0.102. The van der Waals surface area contributed by atoms with Gasteiger partial charge in [0.25, 0.3) is 0 Å². The van der Waals surface area contributed by atoms with Crippen LogP contribution in [0.1, 0.15) is 30.9 Å². The van der Waals surface area contributed by atoms with Crippen LogP contribution < -0.4 is 0 Å². The van der Waals surface area contributed by atoms with Gasteiger partial charge < -0.3 is 9.84 Å². The Kier molecular flexibility index (Phi) is 3.69. The van der Waals surface area contributed by atoms with Gasteiger partial charge in [0.15, 0.2) is 0 Å². The minimum atomic E-state index is -0.421. The fourth-order valence-electron chi connectivity index (χ4n) is 3.49. The zero-order valence-corrected chi connectivity index (χ0v) is 13.5. The van der Waals surface area contributed by atoms with E-state index in [2.05, 4.69) is 11.1 Å². The number of aromatic nitrogens is 1. The number of pyridine rings is 1. The first kappa shape index (κ1) is 14.0. The van der Waals surface area contributed by atoms with Crippen molar-refractivity contribution in [1.29, 1.82) is 0 Å². The number of aliphatic hydroxyl groups excluding tert-OH is 1. The topological polar surface area (TPSA) is 42.4 Å². The zero-order valence-electron chi connectivity index (χ0n) is 11.8. The SMILES string of the molecule is OC(c1cnc2ccsc2c1)C1CCOC2(CCSC2)C1. The molecular formula is C16H19NO2S2. The van der Waals surface area contributed by atoms with E-state index in [9.17, 15) is 5.11 Å². The predicted molar refractivity (Wildman–Crippen MR) is 87.9 cm³/mol. The van der Waals surface area contributed by atoms with Gasteiger partial charge >= 0.3 is 0 Å². The van der Waals surface area contributed by atoms with Gasteiger partial charge in [-0.15, -0.1) is 11.3 Å². The molecule has 3 unspecified atom stereocenters. The van der Waals surface area contributed by atoms with Crippen LogP contribution in [0.15, 0.2) is 23.7 Å². The summed E-state index contributed by atoms with van der Waals surface area (Å²) in [6, 6.07) is 4.12. The van der Waals surface area contributed by atoms with Crippen LogP contribution in [0.4, 0.5) is 0 Å². The second-order valence-electron chi connectivity index (χ2n) is 6.10. The molecule has 0 aliphatic carbocycles. The summed E-state index contributed by atoms with van der Waals surface area (Å²) in [6.45, 7) is 0.775. The van der Waals surface area contributed by atoms with Gasteiger partial charge in [0.2, 0.25) is 0 Å². The molecule has 2 fully saturated rings. The summed E-state index contributed by atoms with van der Waals surface area (Å²) < 4.78 is 7.21. The number of thioether (sulfide) groups is 1. The van der Waals surface area contributed by atoms with Crippen LogP contribution in [0.3, 0.4) is 0 Å². The molecule has 2 saturated heterocycles. The van der Waals surface area contributed by atoms with E-state index in [4.69, 9.17) is 4.74 Å².